The lowest BCUT2D eigenvalue weighted by Crippen LogP contribution is -2.49. The summed E-state index contributed by atoms with van der Waals surface area (Å²) in [5.41, 5.74) is -0.687. The van der Waals surface area contributed by atoms with Crippen molar-refractivity contribution in [3.8, 4) is 0 Å². The Kier molecular flexibility index (Phi) is 4.07. The summed E-state index contributed by atoms with van der Waals surface area (Å²) in [5.74, 6) is 0.489. The van der Waals surface area contributed by atoms with Crippen LogP contribution in [-0.2, 0) is 9.47 Å². The number of carbonyl (C=O) groups is 1. The lowest BCUT2D eigenvalue weighted by atomic mass is 9.96. The molecule has 1 aliphatic rings. The molecule has 1 fully saturated rings. The molecule has 0 aromatic rings. The fourth-order valence-corrected chi connectivity index (χ4v) is 2.52. The van der Waals surface area contributed by atoms with E-state index in [0.717, 1.165) is 13.0 Å². The summed E-state index contributed by atoms with van der Waals surface area (Å²) in [4.78, 5) is 14.0. The molecule has 0 aliphatic carbocycles. The quantitative estimate of drug-likeness (QED) is 0.748. The Morgan fingerprint density at radius 2 is 2.06 bits per heavy atom. The molecule has 1 aliphatic heterocycles. The summed E-state index contributed by atoms with van der Waals surface area (Å²) < 4.78 is 10.7. The van der Waals surface area contributed by atoms with Crippen LogP contribution in [0.5, 0.6) is 0 Å². The van der Waals surface area contributed by atoms with Crippen LogP contribution in [-0.4, -0.2) is 42.4 Å². The number of nitrogens with zero attached hydrogens (tertiary/aromatic N) is 1. The van der Waals surface area contributed by atoms with Crippen molar-refractivity contribution in [3.05, 3.63) is 0 Å². The maximum Gasteiger partial charge on any atom is 0.410 e. The van der Waals surface area contributed by atoms with Crippen molar-refractivity contribution in [1.82, 2.24) is 4.90 Å². The molecule has 1 saturated heterocycles. The van der Waals surface area contributed by atoms with Gasteiger partial charge in [0.25, 0.3) is 0 Å². The van der Waals surface area contributed by atoms with E-state index in [4.69, 9.17) is 9.47 Å². The van der Waals surface area contributed by atoms with Crippen LogP contribution in [0.1, 0.15) is 41.0 Å². The fourth-order valence-electron chi connectivity index (χ4n) is 2.52. The molecule has 100 valence electrons. The Hall–Kier alpha value is -0.770. The number of likely N-dealkylation sites (tertiary alicyclic amines) is 1. The first kappa shape index (κ1) is 14.3. The van der Waals surface area contributed by atoms with Gasteiger partial charge in [0.15, 0.2) is 0 Å². The van der Waals surface area contributed by atoms with Crippen molar-refractivity contribution in [2.24, 2.45) is 5.92 Å². The van der Waals surface area contributed by atoms with Gasteiger partial charge < -0.3 is 14.4 Å². The average molecular weight is 243 g/mol. The van der Waals surface area contributed by atoms with Crippen molar-refractivity contribution in [2.75, 3.05) is 20.3 Å². The van der Waals surface area contributed by atoms with Gasteiger partial charge in [0.1, 0.15) is 5.60 Å². The maximum atomic E-state index is 12.1. The van der Waals surface area contributed by atoms with E-state index >= 15 is 0 Å². The Morgan fingerprint density at radius 1 is 1.47 bits per heavy atom. The average Bonchev–Trinajstić information content (AvgIpc) is 2.39. The SMILES string of the molecule is COC[C@]1(C)C[C@H](C)CN1C(=O)OC(C)(C)C. The number of hydrogen-bond donors (Lipinski definition) is 0. The molecule has 1 heterocycles. The number of carbonyl (C=O) groups excluding carboxylic acids is 1. The zero-order chi connectivity index (χ0) is 13.3. The van der Waals surface area contributed by atoms with Crippen LogP contribution < -0.4 is 0 Å². The number of ether oxygens (including phenoxy) is 2. The van der Waals surface area contributed by atoms with Gasteiger partial charge in [-0.05, 0) is 40.0 Å². The van der Waals surface area contributed by atoms with Gasteiger partial charge in [-0.1, -0.05) is 6.92 Å². The van der Waals surface area contributed by atoms with E-state index in [9.17, 15) is 4.79 Å². The largest absolute Gasteiger partial charge is 0.444 e. The molecule has 0 aromatic carbocycles. The molecule has 0 radical (unpaired) electrons. The number of rotatable bonds is 2. The van der Waals surface area contributed by atoms with E-state index in [0.29, 0.717) is 12.5 Å². The third kappa shape index (κ3) is 3.60. The third-order valence-corrected chi connectivity index (χ3v) is 3.00. The van der Waals surface area contributed by atoms with Gasteiger partial charge in [-0.3, -0.25) is 0 Å². The van der Waals surface area contributed by atoms with Crippen LogP contribution in [0.2, 0.25) is 0 Å². The standard InChI is InChI=1S/C13H25NO3/c1-10-7-13(5,9-16-6)14(8-10)11(15)17-12(2,3)4/h10H,7-9H2,1-6H3/t10-,13-/m0/s1. The monoisotopic (exact) mass is 243 g/mol. The molecule has 0 unspecified atom stereocenters. The second-order valence-corrected chi connectivity index (χ2v) is 6.33. The topological polar surface area (TPSA) is 38.8 Å². The van der Waals surface area contributed by atoms with Gasteiger partial charge in [-0.15, -0.1) is 0 Å². The van der Waals surface area contributed by atoms with Crippen LogP contribution in [0.4, 0.5) is 4.79 Å². The summed E-state index contributed by atoms with van der Waals surface area (Å²) in [6.45, 7) is 11.2. The van der Waals surface area contributed by atoms with Crippen molar-refractivity contribution in [1.29, 1.82) is 0 Å². The highest BCUT2D eigenvalue weighted by atomic mass is 16.6. The van der Waals surface area contributed by atoms with Gasteiger partial charge >= 0.3 is 6.09 Å². The van der Waals surface area contributed by atoms with Crippen LogP contribution >= 0.6 is 0 Å². The number of amides is 1. The Labute approximate surface area is 104 Å². The fraction of sp³-hybridized carbons (Fsp3) is 0.923. The summed E-state index contributed by atoms with van der Waals surface area (Å²) in [6.07, 6.45) is 0.724. The van der Waals surface area contributed by atoms with E-state index in [-0.39, 0.29) is 11.6 Å². The molecule has 0 aromatic heterocycles. The highest BCUT2D eigenvalue weighted by Gasteiger charge is 2.44. The van der Waals surface area contributed by atoms with Crippen LogP contribution in [0.15, 0.2) is 0 Å². The number of methoxy groups -OCH3 is 1. The minimum Gasteiger partial charge on any atom is -0.444 e. The highest BCUT2D eigenvalue weighted by Crippen LogP contribution is 2.34. The van der Waals surface area contributed by atoms with E-state index in [2.05, 4.69) is 13.8 Å². The molecular formula is C13H25NO3. The zero-order valence-electron chi connectivity index (χ0n) is 11.9. The van der Waals surface area contributed by atoms with Crippen molar-refractivity contribution < 1.29 is 14.3 Å². The zero-order valence-corrected chi connectivity index (χ0v) is 11.9. The minimum absolute atomic E-state index is 0.235. The second-order valence-electron chi connectivity index (χ2n) is 6.33. The third-order valence-electron chi connectivity index (χ3n) is 3.00. The van der Waals surface area contributed by atoms with Gasteiger partial charge in [0.2, 0.25) is 0 Å². The summed E-state index contributed by atoms with van der Waals surface area (Å²) in [5, 5.41) is 0. The van der Waals surface area contributed by atoms with Gasteiger partial charge in [-0.25, -0.2) is 4.79 Å². The molecule has 1 rings (SSSR count). The normalized spacial score (nSPS) is 29.5. The first-order valence-electron chi connectivity index (χ1n) is 6.17. The van der Waals surface area contributed by atoms with Gasteiger partial charge in [0.05, 0.1) is 12.1 Å². The van der Waals surface area contributed by atoms with Crippen molar-refractivity contribution in [2.45, 2.75) is 52.2 Å². The molecular weight excluding hydrogens is 218 g/mol. The van der Waals surface area contributed by atoms with E-state index in [1.807, 2.05) is 25.7 Å². The van der Waals surface area contributed by atoms with Gasteiger partial charge in [-0.2, -0.15) is 0 Å². The second kappa shape index (κ2) is 4.84. The molecule has 17 heavy (non-hydrogen) atoms. The summed E-state index contributed by atoms with van der Waals surface area (Å²) in [6, 6.07) is 0. The lowest BCUT2D eigenvalue weighted by molar-refractivity contribution is -0.00569. The molecule has 4 nitrogen and oxygen atoms in total. The van der Waals surface area contributed by atoms with Gasteiger partial charge in [0, 0.05) is 13.7 Å². The molecule has 0 spiro atoms. The molecule has 1 amide bonds. The van der Waals surface area contributed by atoms with Crippen LogP contribution in [0.3, 0.4) is 0 Å². The predicted molar refractivity (Wildman–Crippen MR) is 67.0 cm³/mol. The first-order chi connectivity index (χ1) is 7.68. The number of hydrogen-bond acceptors (Lipinski definition) is 3. The Bertz CT molecular complexity index is 285. The summed E-state index contributed by atoms with van der Waals surface area (Å²) in [7, 11) is 1.67. The molecule has 0 saturated carbocycles. The molecule has 0 N–H and O–H groups in total. The van der Waals surface area contributed by atoms with Crippen molar-refractivity contribution in [3.63, 3.8) is 0 Å². The van der Waals surface area contributed by atoms with Crippen LogP contribution in [0.25, 0.3) is 0 Å². The first-order valence-corrected chi connectivity index (χ1v) is 6.17. The summed E-state index contributed by atoms with van der Waals surface area (Å²) >= 11 is 0. The molecule has 0 bridgehead atoms. The van der Waals surface area contributed by atoms with Crippen LogP contribution in [0, 0.1) is 5.92 Å². The van der Waals surface area contributed by atoms with Crippen molar-refractivity contribution >= 4 is 6.09 Å². The van der Waals surface area contributed by atoms with E-state index < -0.39 is 5.60 Å². The van der Waals surface area contributed by atoms with E-state index in [1.165, 1.54) is 0 Å². The lowest BCUT2D eigenvalue weighted by Gasteiger charge is -2.35. The van der Waals surface area contributed by atoms with E-state index in [1.54, 1.807) is 7.11 Å². The maximum absolute atomic E-state index is 12.1. The predicted octanol–water partition coefficient (Wildman–Crippen LogP) is 2.67. The smallest absolute Gasteiger partial charge is 0.410 e. The Balaban J connectivity index is 2.77. The molecule has 2 atom stereocenters. The minimum atomic E-state index is -0.448. The Morgan fingerprint density at radius 3 is 2.53 bits per heavy atom. The molecule has 4 heteroatoms. The highest BCUT2D eigenvalue weighted by molar-refractivity contribution is 5.69.